The number of aliphatic hydroxyl groups is 2. The summed E-state index contributed by atoms with van der Waals surface area (Å²) in [5, 5.41) is 23.3. The van der Waals surface area contributed by atoms with Crippen LogP contribution in [0.3, 0.4) is 0 Å². The second-order valence-corrected chi connectivity index (χ2v) is 19.3. The van der Waals surface area contributed by atoms with Crippen molar-refractivity contribution in [1.29, 1.82) is 0 Å². The number of carbonyl (C=O) groups excluding carboxylic acids is 1. The van der Waals surface area contributed by atoms with Crippen molar-refractivity contribution in [1.82, 2.24) is 5.32 Å². The predicted molar refractivity (Wildman–Crippen MR) is 308 cm³/mol. The molecule has 3 N–H and O–H groups in total. The van der Waals surface area contributed by atoms with Gasteiger partial charge in [0.1, 0.15) is 0 Å². The molecule has 0 aromatic rings. The quantitative estimate of drug-likeness (QED) is 0.0420. The van der Waals surface area contributed by atoms with Crippen molar-refractivity contribution in [2.45, 2.75) is 276 Å². The van der Waals surface area contributed by atoms with Gasteiger partial charge in [0.05, 0.1) is 18.8 Å². The third kappa shape index (κ3) is 55.6. The van der Waals surface area contributed by atoms with Crippen molar-refractivity contribution in [3.8, 4) is 0 Å². The van der Waals surface area contributed by atoms with Crippen LogP contribution in [0.15, 0.2) is 122 Å². The average molecular weight is 955 g/mol. The molecule has 0 saturated carbocycles. The smallest absolute Gasteiger partial charge is 0.220 e. The van der Waals surface area contributed by atoms with E-state index in [1.807, 2.05) is 0 Å². The van der Waals surface area contributed by atoms with Gasteiger partial charge in [0.25, 0.3) is 0 Å². The van der Waals surface area contributed by atoms with Gasteiger partial charge in [-0.3, -0.25) is 4.79 Å². The van der Waals surface area contributed by atoms with E-state index >= 15 is 0 Å². The molecule has 0 aliphatic heterocycles. The molecule has 394 valence electrons. The van der Waals surface area contributed by atoms with E-state index in [1.165, 1.54) is 135 Å². The summed E-state index contributed by atoms with van der Waals surface area (Å²) in [6, 6.07) is -0.554. The summed E-state index contributed by atoms with van der Waals surface area (Å²) in [5.41, 5.74) is 0. The van der Waals surface area contributed by atoms with Gasteiger partial charge in [-0.2, -0.15) is 0 Å². The summed E-state index contributed by atoms with van der Waals surface area (Å²) in [4.78, 5) is 12.5. The topological polar surface area (TPSA) is 69.6 Å². The molecule has 0 spiro atoms. The van der Waals surface area contributed by atoms with E-state index in [-0.39, 0.29) is 12.5 Å². The van der Waals surface area contributed by atoms with Gasteiger partial charge in [0.15, 0.2) is 0 Å². The molecule has 0 fully saturated rings. The fourth-order valence-electron chi connectivity index (χ4n) is 8.33. The Morgan fingerprint density at radius 3 is 0.957 bits per heavy atom. The van der Waals surface area contributed by atoms with Crippen molar-refractivity contribution in [3.63, 3.8) is 0 Å². The molecule has 0 bridgehead atoms. The van der Waals surface area contributed by atoms with Crippen LogP contribution in [-0.2, 0) is 4.79 Å². The lowest BCUT2D eigenvalue weighted by Crippen LogP contribution is -2.45. The summed E-state index contributed by atoms with van der Waals surface area (Å²) in [5.74, 6) is -0.0487. The van der Waals surface area contributed by atoms with Crippen LogP contribution in [0.1, 0.15) is 264 Å². The molecule has 2 unspecified atom stereocenters. The minimum atomic E-state index is -0.675. The first-order valence-corrected chi connectivity index (χ1v) is 29.2. The second-order valence-electron chi connectivity index (χ2n) is 19.3. The van der Waals surface area contributed by atoms with Gasteiger partial charge in [-0.15, -0.1) is 0 Å². The van der Waals surface area contributed by atoms with Crippen LogP contribution in [0, 0.1) is 0 Å². The van der Waals surface area contributed by atoms with E-state index in [0.717, 1.165) is 103 Å². The van der Waals surface area contributed by atoms with Crippen molar-refractivity contribution < 1.29 is 15.0 Å². The molecule has 4 heteroatoms. The molecule has 0 aliphatic carbocycles. The Hall–Kier alpha value is -3.21. The maximum atomic E-state index is 12.5. The van der Waals surface area contributed by atoms with Crippen molar-refractivity contribution in [2.24, 2.45) is 0 Å². The third-order valence-corrected chi connectivity index (χ3v) is 12.7. The highest BCUT2D eigenvalue weighted by molar-refractivity contribution is 5.76. The zero-order valence-corrected chi connectivity index (χ0v) is 45.3. The molecule has 2 atom stereocenters. The van der Waals surface area contributed by atoms with Crippen LogP contribution in [0.5, 0.6) is 0 Å². The van der Waals surface area contributed by atoms with Crippen LogP contribution in [-0.4, -0.2) is 34.9 Å². The average Bonchev–Trinajstić information content (AvgIpc) is 3.35. The zero-order chi connectivity index (χ0) is 49.9. The van der Waals surface area contributed by atoms with E-state index in [2.05, 4.69) is 141 Å². The largest absolute Gasteiger partial charge is 0.394 e. The first-order chi connectivity index (χ1) is 34.2. The number of unbranched alkanes of at least 4 members (excludes halogenated alkanes) is 25. The molecule has 0 aromatic heterocycles. The highest BCUT2D eigenvalue weighted by atomic mass is 16.3. The van der Waals surface area contributed by atoms with Gasteiger partial charge in [-0.05, 0) is 89.9 Å². The van der Waals surface area contributed by atoms with Gasteiger partial charge in [0, 0.05) is 6.42 Å². The molecule has 0 rings (SSSR count). The van der Waals surface area contributed by atoms with E-state index < -0.39 is 12.1 Å². The minimum Gasteiger partial charge on any atom is -0.394 e. The molecule has 0 aliphatic rings. The first kappa shape index (κ1) is 65.8. The van der Waals surface area contributed by atoms with Crippen molar-refractivity contribution >= 4 is 5.91 Å². The fraction of sp³-hybridized carbons (Fsp3) is 0.677. The second kappa shape index (κ2) is 59.1. The molecular weight excluding hydrogens is 843 g/mol. The molecule has 69 heavy (non-hydrogen) atoms. The van der Waals surface area contributed by atoms with Crippen LogP contribution in [0.2, 0.25) is 0 Å². The summed E-state index contributed by atoms with van der Waals surface area (Å²) in [6.07, 6.45) is 90.4. The van der Waals surface area contributed by atoms with Crippen LogP contribution in [0.25, 0.3) is 0 Å². The Labute approximate surface area is 428 Å². The number of aliphatic hydroxyl groups excluding tert-OH is 2. The number of allylic oxidation sites excluding steroid dienone is 20. The van der Waals surface area contributed by atoms with Gasteiger partial charge in [-0.1, -0.05) is 289 Å². The van der Waals surface area contributed by atoms with Crippen molar-refractivity contribution in [2.75, 3.05) is 6.61 Å². The number of hydrogen-bond acceptors (Lipinski definition) is 3. The SMILES string of the molecule is CC/C=C\C/C=C\C/C=C\C/C=C\C/C=C\C/C=C\C/C=C\C/C=C\C/C=C\C/C=C\CCCCCCCCC(=O)NC(CO)C(O)CCCCCCCCCCCCCCCCCCCCCC. The molecule has 1 amide bonds. The first-order valence-electron chi connectivity index (χ1n) is 29.2. The van der Waals surface area contributed by atoms with Gasteiger partial charge in [0.2, 0.25) is 5.91 Å². The monoisotopic (exact) mass is 954 g/mol. The Balaban J connectivity index is 3.62. The molecule has 0 saturated heterocycles. The molecule has 0 radical (unpaired) electrons. The Bertz CT molecular complexity index is 1360. The summed E-state index contributed by atoms with van der Waals surface area (Å²) >= 11 is 0. The number of rotatable bonds is 52. The van der Waals surface area contributed by atoms with Crippen molar-refractivity contribution in [3.05, 3.63) is 122 Å². The summed E-state index contributed by atoms with van der Waals surface area (Å²) in [6.45, 7) is 4.25. The highest BCUT2D eigenvalue weighted by Gasteiger charge is 2.20. The normalized spacial score (nSPS) is 13.7. The van der Waals surface area contributed by atoms with E-state index in [9.17, 15) is 15.0 Å². The number of nitrogens with one attached hydrogen (secondary N) is 1. The van der Waals surface area contributed by atoms with E-state index in [1.54, 1.807) is 0 Å². The predicted octanol–water partition coefficient (Wildman–Crippen LogP) is 19.6. The standard InChI is InChI=1S/C65H111NO3/c1-3-5-7-9-11-13-15-17-19-21-23-25-26-27-28-29-30-31-32-33-34-35-36-37-38-39-40-41-43-45-47-49-51-53-55-57-59-61-65(69)66-63(62-67)64(68)60-58-56-54-52-50-48-46-44-42-24-22-20-18-16-14-12-10-8-6-4-2/h5,7,11,13,17,19,23,25,27-28,30-31,33-34,36-37,39-40,43,45,63-64,67-68H,3-4,6,8-10,12,14-16,18,20-22,24,26,29,32,35,38,41-42,44,46-62H2,1-2H3,(H,66,69)/b7-5-,13-11-,19-17-,25-23-,28-27-,31-30-,34-33-,37-36-,40-39-,45-43-. The maximum Gasteiger partial charge on any atom is 0.220 e. The number of amides is 1. The van der Waals surface area contributed by atoms with Gasteiger partial charge < -0.3 is 15.5 Å². The van der Waals surface area contributed by atoms with Crippen LogP contribution >= 0.6 is 0 Å². The van der Waals surface area contributed by atoms with Crippen LogP contribution < -0.4 is 5.32 Å². The van der Waals surface area contributed by atoms with Gasteiger partial charge >= 0.3 is 0 Å². The van der Waals surface area contributed by atoms with E-state index in [4.69, 9.17) is 0 Å². The lowest BCUT2D eigenvalue weighted by atomic mass is 10.0. The zero-order valence-electron chi connectivity index (χ0n) is 45.3. The Morgan fingerprint density at radius 1 is 0.362 bits per heavy atom. The molecule has 0 aromatic carbocycles. The van der Waals surface area contributed by atoms with Gasteiger partial charge in [-0.25, -0.2) is 0 Å². The van der Waals surface area contributed by atoms with Crippen LogP contribution in [0.4, 0.5) is 0 Å². The summed E-state index contributed by atoms with van der Waals surface area (Å²) in [7, 11) is 0. The minimum absolute atomic E-state index is 0.0487. The maximum absolute atomic E-state index is 12.5. The number of carbonyl (C=O) groups is 1. The third-order valence-electron chi connectivity index (χ3n) is 12.7. The lowest BCUT2D eigenvalue weighted by Gasteiger charge is -2.22. The molecular formula is C65H111NO3. The fourth-order valence-corrected chi connectivity index (χ4v) is 8.33. The lowest BCUT2D eigenvalue weighted by molar-refractivity contribution is -0.123. The summed E-state index contributed by atoms with van der Waals surface area (Å²) < 4.78 is 0. The van der Waals surface area contributed by atoms with E-state index in [0.29, 0.717) is 12.8 Å². The number of hydrogen-bond donors (Lipinski definition) is 3. The molecule has 0 heterocycles. The Kier molecular flexibility index (Phi) is 56.4. The Morgan fingerprint density at radius 2 is 0.638 bits per heavy atom. The highest BCUT2D eigenvalue weighted by Crippen LogP contribution is 2.16. The molecule has 4 nitrogen and oxygen atoms in total.